The van der Waals surface area contributed by atoms with E-state index in [9.17, 15) is 8.42 Å². The van der Waals surface area contributed by atoms with Crippen molar-refractivity contribution < 1.29 is 8.42 Å². The van der Waals surface area contributed by atoms with Gasteiger partial charge in [-0.3, -0.25) is 0 Å². The van der Waals surface area contributed by atoms with Gasteiger partial charge in [0.1, 0.15) is 0 Å². The molecule has 112 valence electrons. The van der Waals surface area contributed by atoms with E-state index in [-0.39, 0.29) is 4.90 Å². The number of hydrogen-bond acceptors (Lipinski definition) is 5. The molecule has 1 fully saturated rings. The van der Waals surface area contributed by atoms with Gasteiger partial charge in [0.25, 0.3) is 0 Å². The Morgan fingerprint density at radius 1 is 1.35 bits per heavy atom. The van der Waals surface area contributed by atoms with E-state index in [1.165, 1.54) is 19.5 Å². The molecule has 2 unspecified atom stereocenters. The van der Waals surface area contributed by atoms with Gasteiger partial charge in [-0.25, -0.2) is 13.1 Å². The molecule has 0 aliphatic heterocycles. The maximum Gasteiger partial charge on any atom is 0.240 e. The Morgan fingerprint density at radius 3 is 2.65 bits per heavy atom. The van der Waals surface area contributed by atoms with E-state index < -0.39 is 10.0 Å². The fourth-order valence-corrected chi connectivity index (χ4v) is 4.02. The van der Waals surface area contributed by atoms with Gasteiger partial charge in [-0.2, -0.15) is 11.8 Å². The van der Waals surface area contributed by atoms with Crippen molar-refractivity contribution in [2.75, 3.05) is 24.4 Å². The van der Waals surface area contributed by atoms with Crippen molar-refractivity contribution in [3.8, 4) is 0 Å². The summed E-state index contributed by atoms with van der Waals surface area (Å²) in [4.78, 5) is 0.191. The number of sulfonamides is 1. The predicted molar refractivity (Wildman–Crippen MR) is 85.7 cm³/mol. The number of nitrogens with two attached hydrogens (primary N) is 1. The quantitative estimate of drug-likeness (QED) is 0.723. The first kappa shape index (κ1) is 15.5. The van der Waals surface area contributed by atoms with Crippen LogP contribution in [0.25, 0.3) is 0 Å². The molecule has 0 heterocycles. The molecule has 0 saturated heterocycles. The standard InChI is InChI=1S/C13H21N3O2S2/c1-15-20(17,18)11-5-6-13(12(14)8-11)16-9-3-4-10(7-9)19-2/h5-6,8-10,15-16H,3-4,7,14H2,1-2H3. The van der Waals surface area contributed by atoms with Gasteiger partial charge in [-0.1, -0.05) is 0 Å². The Hall–Kier alpha value is -0.920. The number of anilines is 2. The van der Waals surface area contributed by atoms with Gasteiger partial charge in [0.2, 0.25) is 10.0 Å². The first-order valence-corrected chi connectivity index (χ1v) is 9.35. The highest BCUT2D eigenvalue weighted by Crippen LogP contribution is 2.32. The van der Waals surface area contributed by atoms with E-state index in [1.807, 2.05) is 11.8 Å². The minimum absolute atomic E-state index is 0.191. The summed E-state index contributed by atoms with van der Waals surface area (Å²) < 4.78 is 25.7. The Kier molecular flexibility index (Phi) is 4.82. The zero-order valence-corrected chi connectivity index (χ0v) is 13.4. The molecule has 2 rings (SSSR count). The van der Waals surface area contributed by atoms with Gasteiger partial charge in [-0.05, 0) is 50.8 Å². The Balaban J connectivity index is 2.11. The van der Waals surface area contributed by atoms with Crippen LogP contribution in [0.1, 0.15) is 19.3 Å². The molecular formula is C13H21N3O2S2. The van der Waals surface area contributed by atoms with Crippen LogP contribution >= 0.6 is 11.8 Å². The average molecular weight is 315 g/mol. The van der Waals surface area contributed by atoms with E-state index in [0.717, 1.165) is 18.5 Å². The summed E-state index contributed by atoms with van der Waals surface area (Å²) in [6, 6.07) is 5.23. The third-order valence-electron chi connectivity index (χ3n) is 3.68. The first-order valence-electron chi connectivity index (χ1n) is 6.58. The number of hydrogen-bond donors (Lipinski definition) is 3. The third-order valence-corrected chi connectivity index (χ3v) is 6.19. The van der Waals surface area contributed by atoms with E-state index in [4.69, 9.17) is 5.73 Å². The minimum atomic E-state index is -3.44. The molecule has 1 aromatic carbocycles. The van der Waals surface area contributed by atoms with Crippen molar-refractivity contribution in [2.24, 2.45) is 0 Å². The molecule has 1 saturated carbocycles. The molecule has 0 bridgehead atoms. The summed E-state index contributed by atoms with van der Waals surface area (Å²) in [5, 5.41) is 4.12. The second-order valence-corrected chi connectivity index (χ2v) is 7.99. The van der Waals surface area contributed by atoms with Crippen LogP contribution in [0, 0.1) is 0 Å². The van der Waals surface area contributed by atoms with Crippen LogP contribution in [-0.4, -0.2) is 33.0 Å². The monoisotopic (exact) mass is 315 g/mol. The van der Waals surface area contributed by atoms with Crippen molar-refractivity contribution in [2.45, 2.75) is 35.4 Å². The molecule has 1 aromatic rings. The Labute approximate surface area is 124 Å². The average Bonchev–Trinajstić information content (AvgIpc) is 2.88. The van der Waals surface area contributed by atoms with Crippen LogP contribution in [-0.2, 0) is 10.0 Å². The second-order valence-electron chi connectivity index (χ2n) is 4.97. The molecule has 0 amide bonds. The van der Waals surface area contributed by atoms with E-state index in [1.54, 1.807) is 12.1 Å². The van der Waals surface area contributed by atoms with Gasteiger partial charge in [0, 0.05) is 11.3 Å². The normalized spacial score (nSPS) is 22.9. The predicted octanol–water partition coefficient (Wildman–Crippen LogP) is 1.87. The molecule has 1 aliphatic rings. The van der Waals surface area contributed by atoms with Crippen LogP contribution in [0.4, 0.5) is 11.4 Å². The Morgan fingerprint density at radius 2 is 2.10 bits per heavy atom. The lowest BCUT2D eigenvalue weighted by Crippen LogP contribution is -2.20. The zero-order valence-electron chi connectivity index (χ0n) is 11.7. The van der Waals surface area contributed by atoms with E-state index in [0.29, 0.717) is 17.0 Å². The summed E-state index contributed by atoms with van der Waals surface area (Å²) >= 11 is 1.90. The van der Waals surface area contributed by atoms with Crippen molar-refractivity contribution in [1.29, 1.82) is 0 Å². The molecule has 7 heteroatoms. The lowest BCUT2D eigenvalue weighted by atomic mass is 10.2. The van der Waals surface area contributed by atoms with Gasteiger partial charge >= 0.3 is 0 Å². The van der Waals surface area contributed by atoms with Crippen molar-refractivity contribution in [1.82, 2.24) is 4.72 Å². The maximum absolute atomic E-state index is 11.7. The SMILES string of the molecule is CNS(=O)(=O)c1ccc(NC2CCC(SC)C2)c(N)c1. The molecule has 0 aromatic heterocycles. The number of benzene rings is 1. The first-order chi connectivity index (χ1) is 9.46. The summed E-state index contributed by atoms with van der Waals surface area (Å²) in [6.45, 7) is 0. The van der Waals surface area contributed by atoms with Gasteiger partial charge in [0.05, 0.1) is 16.3 Å². The highest BCUT2D eigenvalue weighted by Gasteiger charge is 2.24. The summed E-state index contributed by atoms with van der Waals surface area (Å²) in [5.41, 5.74) is 7.24. The fraction of sp³-hybridized carbons (Fsp3) is 0.538. The molecule has 0 radical (unpaired) electrons. The summed E-state index contributed by atoms with van der Waals surface area (Å²) in [6.07, 6.45) is 5.60. The Bertz CT molecular complexity index is 575. The largest absolute Gasteiger partial charge is 0.397 e. The summed E-state index contributed by atoms with van der Waals surface area (Å²) in [7, 11) is -2.05. The number of nitrogen functional groups attached to an aromatic ring is 1. The molecule has 2 atom stereocenters. The van der Waals surface area contributed by atoms with Crippen molar-refractivity contribution in [3.05, 3.63) is 18.2 Å². The molecule has 4 N–H and O–H groups in total. The topological polar surface area (TPSA) is 84.2 Å². The van der Waals surface area contributed by atoms with E-state index in [2.05, 4.69) is 16.3 Å². The minimum Gasteiger partial charge on any atom is -0.397 e. The van der Waals surface area contributed by atoms with Crippen LogP contribution in [0.3, 0.4) is 0 Å². The van der Waals surface area contributed by atoms with E-state index >= 15 is 0 Å². The maximum atomic E-state index is 11.7. The molecule has 0 spiro atoms. The summed E-state index contributed by atoms with van der Waals surface area (Å²) in [5.74, 6) is 0. The molecule has 1 aliphatic carbocycles. The molecule has 20 heavy (non-hydrogen) atoms. The zero-order chi connectivity index (χ0) is 14.8. The lowest BCUT2D eigenvalue weighted by molar-refractivity contribution is 0.588. The lowest BCUT2D eigenvalue weighted by Gasteiger charge is -2.16. The highest BCUT2D eigenvalue weighted by molar-refractivity contribution is 7.99. The second kappa shape index (κ2) is 6.24. The number of nitrogens with one attached hydrogen (secondary N) is 2. The van der Waals surface area contributed by atoms with Gasteiger partial charge in [-0.15, -0.1) is 0 Å². The third kappa shape index (κ3) is 3.39. The fourth-order valence-electron chi connectivity index (χ4n) is 2.46. The number of rotatable bonds is 5. The highest BCUT2D eigenvalue weighted by atomic mass is 32.2. The molecule has 5 nitrogen and oxygen atoms in total. The van der Waals surface area contributed by atoms with Gasteiger partial charge < -0.3 is 11.1 Å². The van der Waals surface area contributed by atoms with Crippen LogP contribution < -0.4 is 15.8 Å². The molecular weight excluding hydrogens is 294 g/mol. The smallest absolute Gasteiger partial charge is 0.240 e. The number of thioether (sulfide) groups is 1. The van der Waals surface area contributed by atoms with Crippen LogP contribution in [0.5, 0.6) is 0 Å². The van der Waals surface area contributed by atoms with Crippen LogP contribution in [0.2, 0.25) is 0 Å². The van der Waals surface area contributed by atoms with Crippen LogP contribution in [0.15, 0.2) is 23.1 Å². The van der Waals surface area contributed by atoms with Crippen molar-refractivity contribution >= 4 is 33.2 Å². The van der Waals surface area contributed by atoms with Crippen molar-refractivity contribution in [3.63, 3.8) is 0 Å². The van der Waals surface area contributed by atoms with Gasteiger partial charge in [0.15, 0.2) is 0 Å².